The lowest BCUT2D eigenvalue weighted by Crippen LogP contribution is -2.17. The Morgan fingerprint density at radius 3 is 1.64 bits per heavy atom. The van der Waals surface area contributed by atoms with E-state index in [0.717, 1.165) is 17.1 Å². The van der Waals surface area contributed by atoms with Crippen LogP contribution in [0, 0.1) is 0 Å². The molecule has 0 amide bonds. The molecule has 2 nitrogen and oxygen atoms in total. The van der Waals surface area contributed by atoms with E-state index in [0.29, 0.717) is 0 Å². The minimum absolute atomic E-state index is 0.0980. The Hall–Kier alpha value is -6.64. The molecule has 1 aromatic heterocycles. The largest absolute Gasteiger partial charge is 0.308 e. The van der Waals surface area contributed by atoms with Crippen molar-refractivity contribution in [1.82, 2.24) is 4.57 Å². The standard InChI is InChI=1S/C54H42N2/c1-53(2)44-24-10-6-20-42(44)51-45(53)25-16-30-50(51)55(48-28-13-14-29-49(48)56-46-26-11-7-18-39(46)40-19-8-12-27-47(40)56)36-33-31-35(32-34-36)37-21-15-22-41-38-17-5-9-23-43(38)54(3,4)52(37)41/h5-34H,1-4H3. The van der Waals surface area contributed by atoms with Gasteiger partial charge >= 0.3 is 0 Å². The second kappa shape index (κ2) is 11.9. The lowest BCUT2D eigenvalue weighted by molar-refractivity contribution is 0.660. The van der Waals surface area contributed by atoms with Crippen molar-refractivity contribution in [3.8, 4) is 39.1 Å². The maximum Gasteiger partial charge on any atom is 0.0702 e. The van der Waals surface area contributed by atoms with Crippen LogP contribution in [0.1, 0.15) is 49.9 Å². The van der Waals surface area contributed by atoms with Crippen molar-refractivity contribution in [2.24, 2.45) is 0 Å². The highest BCUT2D eigenvalue weighted by molar-refractivity contribution is 6.10. The van der Waals surface area contributed by atoms with Gasteiger partial charge < -0.3 is 9.47 Å². The van der Waals surface area contributed by atoms with Crippen molar-refractivity contribution in [2.45, 2.75) is 38.5 Å². The molecular weight excluding hydrogens is 677 g/mol. The van der Waals surface area contributed by atoms with Crippen molar-refractivity contribution < 1.29 is 0 Å². The van der Waals surface area contributed by atoms with Crippen molar-refractivity contribution in [2.75, 3.05) is 4.90 Å². The highest BCUT2D eigenvalue weighted by Crippen LogP contribution is 2.56. The van der Waals surface area contributed by atoms with E-state index in [4.69, 9.17) is 0 Å². The fraction of sp³-hybridized carbons (Fsp3) is 0.111. The fourth-order valence-electron chi connectivity index (χ4n) is 10.2. The van der Waals surface area contributed by atoms with E-state index in [1.54, 1.807) is 0 Å². The molecule has 2 aliphatic carbocycles. The molecule has 0 bridgehead atoms. The summed E-state index contributed by atoms with van der Waals surface area (Å²) in [6, 6.07) is 67.5. The number of anilines is 3. The van der Waals surface area contributed by atoms with Crippen LogP contribution >= 0.6 is 0 Å². The molecule has 2 heteroatoms. The summed E-state index contributed by atoms with van der Waals surface area (Å²) in [5, 5.41) is 2.51. The molecule has 0 unspecified atom stereocenters. The van der Waals surface area contributed by atoms with E-state index < -0.39 is 0 Å². The molecule has 9 aromatic rings. The number of nitrogens with zero attached hydrogens (tertiary/aromatic N) is 2. The van der Waals surface area contributed by atoms with E-state index in [-0.39, 0.29) is 10.8 Å². The van der Waals surface area contributed by atoms with Crippen LogP contribution in [0.2, 0.25) is 0 Å². The van der Waals surface area contributed by atoms with Crippen molar-refractivity contribution >= 4 is 38.9 Å². The monoisotopic (exact) mass is 718 g/mol. The Labute approximate surface area is 328 Å². The van der Waals surface area contributed by atoms with Gasteiger partial charge in [-0.15, -0.1) is 0 Å². The van der Waals surface area contributed by atoms with E-state index >= 15 is 0 Å². The zero-order valence-electron chi connectivity index (χ0n) is 32.2. The van der Waals surface area contributed by atoms with Gasteiger partial charge in [-0.05, 0) is 92.5 Å². The third kappa shape index (κ3) is 4.50. The molecule has 0 saturated carbocycles. The first kappa shape index (κ1) is 32.8. The number of benzene rings is 8. The van der Waals surface area contributed by atoms with E-state index in [2.05, 4.69) is 219 Å². The van der Waals surface area contributed by atoms with Gasteiger partial charge in [0.25, 0.3) is 0 Å². The lowest BCUT2D eigenvalue weighted by Gasteiger charge is -2.31. The zero-order valence-corrected chi connectivity index (χ0v) is 32.2. The number of aromatic nitrogens is 1. The number of para-hydroxylation sites is 4. The average molecular weight is 719 g/mol. The van der Waals surface area contributed by atoms with Gasteiger partial charge in [0.15, 0.2) is 0 Å². The second-order valence-electron chi connectivity index (χ2n) is 16.5. The maximum atomic E-state index is 2.51. The first-order chi connectivity index (χ1) is 27.3. The van der Waals surface area contributed by atoms with Gasteiger partial charge in [0, 0.05) is 32.9 Å². The molecule has 0 N–H and O–H groups in total. The van der Waals surface area contributed by atoms with Gasteiger partial charge in [-0.25, -0.2) is 0 Å². The number of hydrogen-bond acceptors (Lipinski definition) is 1. The predicted octanol–water partition coefficient (Wildman–Crippen LogP) is 14.5. The summed E-state index contributed by atoms with van der Waals surface area (Å²) < 4.78 is 2.45. The van der Waals surface area contributed by atoms with Crippen LogP contribution in [0.3, 0.4) is 0 Å². The third-order valence-corrected chi connectivity index (χ3v) is 12.8. The molecule has 0 saturated heterocycles. The van der Waals surface area contributed by atoms with Gasteiger partial charge in [0.2, 0.25) is 0 Å². The molecule has 0 spiro atoms. The van der Waals surface area contributed by atoms with Gasteiger partial charge in [-0.1, -0.05) is 167 Å². The molecule has 0 aliphatic heterocycles. The van der Waals surface area contributed by atoms with E-state index in [1.807, 2.05) is 0 Å². The summed E-state index contributed by atoms with van der Waals surface area (Å²) in [4.78, 5) is 2.51. The highest BCUT2D eigenvalue weighted by atomic mass is 15.2. The molecule has 1 heterocycles. The van der Waals surface area contributed by atoms with Gasteiger partial charge in [-0.2, -0.15) is 0 Å². The molecule has 0 atom stereocenters. The first-order valence-corrected chi connectivity index (χ1v) is 19.8. The summed E-state index contributed by atoms with van der Waals surface area (Å²) >= 11 is 0. The summed E-state index contributed by atoms with van der Waals surface area (Å²) in [5.74, 6) is 0. The lowest BCUT2D eigenvalue weighted by atomic mass is 9.79. The molecule has 0 radical (unpaired) electrons. The van der Waals surface area contributed by atoms with Crippen molar-refractivity contribution in [1.29, 1.82) is 0 Å². The van der Waals surface area contributed by atoms with Crippen LogP contribution in [0.4, 0.5) is 17.1 Å². The molecule has 0 fully saturated rings. The molecule has 2 aliphatic rings. The Bertz CT molecular complexity index is 2980. The van der Waals surface area contributed by atoms with Crippen LogP contribution in [-0.4, -0.2) is 4.57 Å². The predicted molar refractivity (Wildman–Crippen MR) is 236 cm³/mol. The summed E-state index contributed by atoms with van der Waals surface area (Å²) in [7, 11) is 0. The van der Waals surface area contributed by atoms with Crippen LogP contribution in [0.15, 0.2) is 182 Å². The normalized spacial score (nSPS) is 14.4. The minimum Gasteiger partial charge on any atom is -0.308 e. The molecule has 11 rings (SSSR count). The number of fused-ring (bicyclic) bond motifs is 9. The van der Waals surface area contributed by atoms with Crippen LogP contribution < -0.4 is 4.90 Å². The van der Waals surface area contributed by atoms with Gasteiger partial charge in [0.05, 0.1) is 28.1 Å². The first-order valence-electron chi connectivity index (χ1n) is 19.8. The molecule has 268 valence electrons. The smallest absolute Gasteiger partial charge is 0.0702 e. The summed E-state index contributed by atoms with van der Waals surface area (Å²) in [5.41, 5.74) is 20.1. The fourth-order valence-corrected chi connectivity index (χ4v) is 10.2. The second-order valence-corrected chi connectivity index (χ2v) is 16.5. The molecule has 8 aromatic carbocycles. The molecular formula is C54H42N2. The Balaban J connectivity index is 1.15. The average Bonchev–Trinajstić information content (AvgIpc) is 3.79. The van der Waals surface area contributed by atoms with Crippen molar-refractivity contribution in [3.05, 3.63) is 204 Å². The van der Waals surface area contributed by atoms with E-state index in [9.17, 15) is 0 Å². The topological polar surface area (TPSA) is 8.17 Å². The quantitative estimate of drug-likeness (QED) is 0.172. The van der Waals surface area contributed by atoms with Crippen molar-refractivity contribution in [3.63, 3.8) is 0 Å². The summed E-state index contributed by atoms with van der Waals surface area (Å²) in [6.07, 6.45) is 0. The van der Waals surface area contributed by atoms with E-state index in [1.165, 1.54) is 83.1 Å². The Morgan fingerprint density at radius 1 is 0.393 bits per heavy atom. The Morgan fingerprint density at radius 2 is 0.911 bits per heavy atom. The molecule has 56 heavy (non-hydrogen) atoms. The van der Waals surface area contributed by atoms with Crippen LogP contribution in [0.5, 0.6) is 0 Å². The number of rotatable bonds is 5. The minimum atomic E-state index is -0.123. The van der Waals surface area contributed by atoms with Crippen LogP contribution in [-0.2, 0) is 10.8 Å². The van der Waals surface area contributed by atoms with Crippen LogP contribution in [0.25, 0.3) is 60.9 Å². The SMILES string of the molecule is CC1(C)c2ccccc2-c2c(N(c3ccc(-c4cccc5c4C(C)(C)c4ccccc4-5)cc3)c3ccccc3-n3c4ccccc4c4ccccc43)cccc21. The summed E-state index contributed by atoms with van der Waals surface area (Å²) in [6.45, 7) is 9.48. The Kier molecular flexibility index (Phi) is 6.98. The highest BCUT2D eigenvalue weighted by Gasteiger charge is 2.39. The van der Waals surface area contributed by atoms with Gasteiger partial charge in [0.1, 0.15) is 0 Å². The third-order valence-electron chi connectivity index (χ3n) is 12.8. The number of hydrogen-bond donors (Lipinski definition) is 0. The van der Waals surface area contributed by atoms with Gasteiger partial charge in [-0.3, -0.25) is 0 Å². The zero-order chi connectivity index (χ0) is 37.8. The maximum absolute atomic E-state index is 2.51.